The van der Waals surface area contributed by atoms with E-state index in [1.165, 1.54) is 18.5 Å². The summed E-state index contributed by atoms with van der Waals surface area (Å²) in [4.78, 5) is 27.6. The molecule has 0 bridgehead atoms. The maximum atomic E-state index is 14.0. The van der Waals surface area contributed by atoms with E-state index in [0.717, 1.165) is 17.0 Å². The standard InChI is InChI=1S/C25H31F6N3O3/c1-13(2)11-17-12-18(9-10-19(17)23(37-8,24(26,27)28)25(29,30)31)34(21(35)14(3)4)22(36)20-15(5)32-33(7)16(20)6/h9-10,12-14H,11H2,1-8H3. The van der Waals surface area contributed by atoms with Crippen LogP contribution < -0.4 is 4.90 Å². The third kappa shape index (κ3) is 5.39. The van der Waals surface area contributed by atoms with Crippen LogP contribution in [0.15, 0.2) is 18.2 Å². The first-order chi connectivity index (χ1) is 16.8. The van der Waals surface area contributed by atoms with E-state index in [1.807, 2.05) is 0 Å². The Hall–Kier alpha value is -2.89. The molecule has 1 aromatic heterocycles. The summed E-state index contributed by atoms with van der Waals surface area (Å²) >= 11 is 0. The molecule has 2 amide bonds. The second-order valence-corrected chi connectivity index (χ2v) is 9.62. The van der Waals surface area contributed by atoms with Crippen molar-refractivity contribution in [3.8, 4) is 0 Å². The van der Waals surface area contributed by atoms with E-state index in [9.17, 15) is 35.9 Å². The van der Waals surface area contributed by atoms with Crippen LogP contribution in [0.5, 0.6) is 0 Å². The summed E-state index contributed by atoms with van der Waals surface area (Å²) in [6.07, 6.45) is -11.9. The number of carbonyl (C=O) groups excluding carboxylic acids is 2. The average Bonchev–Trinajstić information content (AvgIpc) is 2.98. The van der Waals surface area contributed by atoms with Crippen LogP contribution in [-0.4, -0.2) is 41.1 Å². The van der Waals surface area contributed by atoms with E-state index >= 15 is 0 Å². The maximum absolute atomic E-state index is 14.0. The van der Waals surface area contributed by atoms with E-state index in [2.05, 4.69) is 9.84 Å². The van der Waals surface area contributed by atoms with Crippen molar-refractivity contribution in [1.82, 2.24) is 9.78 Å². The van der Waals surface area contributed by atoms with Crippen LogP contribution in [0.2, 0.25) is 0 Å². The van der Waals surface area contributed by atoms with E-state index in [0.29, 0.717) is 24.6 Å². The highest BCUT2D eigenvalue weighted by Crippen LogP contribution is 2.54. The van der Waals surface area contributed by atoms with Crippen molar-refractivity contribution < 1.29 is 40.7 Å². The fourth-order valence-corrected chi connectivity index (χ4v) is 4.28. The molecule has 0 aliphatic rings. The lowest BCUT2D eigenvalue weighted by Crippen LogP contribution is -2.56. The average molecular weight is 536 g/mol. The lowest BCUT2D eigenvalue weighted by Gasteiger charge is -2.38. The maximum Gasteiger partial charge on any atom is 0.430 e. The van der Waals surface area contributed by atoms with Crippen molar-refractivity contribution >= 4 is 17.5 Å². The Morgan fingerprint density at radius 3 is 1.95 bits per heavy atom. The minimum absolute atomic E-state index is 0.114. The number of carbonyl (C=O) groups is 2. The molecule has 0 spiro atoms. The van der Waals surface area contributed by atoms with Crippen LogP contribution in [0, 0.1) is 25.7 Å². The Bertz CT molecular complexity index is 1150. The van der Waals surface area contributed by atoms with Gasteiger partial charge in [-0.05, 0) is 43.9 Å². The van der Waals surface area contributed by atoms with Gasteiger partial charge in [-0.15, -0.1) is 0 Å². The summed E-state index contributed by atoms with van der Waals surface area (Å²) in [6.45, 7) is 9.47. The molecule has 37 heavy (non-hydrogen) atoms. The second kappa shape index (κ2) is 10.5. The lowest BCUT2D eigenvalue weighted by molar-refractivity contribution is -0.383. The van der Waals surface area contributed by atoms with E-state index in [-0.39, 0.29) is 29.2 Å². The molecule has 206 valence electrons. The number of aromatic nitrogens is 2. The first-order valence-electron chi connectivity index (χ1n) is 11.5. The lowest BCUT2D eigenvalue weighted by atomic mass is 9.84. The highest BCUT2D eigenvalue weighted by Gasteiger charge is 2.73. The van der Waals surface area contributed by atoms with Gasteiger partial charge >= 0.3 is 12.4 Å². The van der Waals surface area contributed by atoms with Crippen LogP contribution in [0.4, 0.5) is 32.0 Å². The number of ether oxygens (including phenoxy) is 1. The van der Waals surface area contributed by atoms with Gasteiger partial charge in [-0.25, -0.2) is 4.90 Å². The quantitative estimate of drug-likeness (QED) is 0.406. The van der Waals surface area contributed by atoms with Crippen molar-refractivity contribution in [2.45, 2.75) is 65.9 Å². The van der Waals surface area contributed by atoms with Gasteiger partial charge in [0.1, 0.15) is 0 Å². The number of methoxy groups -OCH3 is 1. The van der Waals surface area contributed by atoms with Crippen molar-refractivity contribution in [1.29, 1.82) is 0 Å². The number of imide groups is 1. The molecule has 12 heteroatoms. The highest BCUT2D eigenvalue weighted by molar-refractivity contribution is 6.22. The Morgan fingerprint density at radius 2 is 1.57 bits per heavy atom. The topological polar surface area (TPSA) is 64.4 Å². The second-order valence-electron chi connectivity index (χ2n) is 9.62. The number of anilines is 1. The summed E-state index contributed by atoms with van der Waals surface area (Å²) in [5, 5.41) is 4.17. The normalized spacial score (nSPS) is 13.0. The minimum Gasteiger partial charge on any atom is -0.357 e. The Balaban J connectivity index is 2.89. The molecule has 0 unspecified atom stereocenters. The van der Waals surface area contributed by atoms with Gasteiger partial charge in [0, 0.05) is 31.3 Å². The van der Waals surface area contributed by atoms with Gasteiger partial charge in [0.05, 0.1) is 16.9 Å². The van der Waals surface area contributed by atoms with E-state index in [4.69, 9.17) is 0 Å². The number of alkyl halides is 6. The smallest absolute Gasteiger partial charge is 0.357 e. The van der Waals surface area contributed by atoms with Crippen LogP contribution >= 0.6 is 0 Å². The van der Waals surface area contributed by atoms with Gasteiger partial charge in [-0.3, -0.25) is 14.3 Å². The molecule has 0 saturated heterocycles. The molecule has 6 nitrogen and oxygen atoms in total. The summed E-state index contributed by atoms with van der Waals surface area (Å²) in [5.41, 5.74) is -5.38. The Morgan fingerprint density at radius 1 is 1.03 bits per heavy atom. The number of nitrogens with zero attached hydrogens (tertiary/aromatic N) is 3. The molecule has 0 fully saturated rings. The largest absolute Gasteiger partial charge is 0.430 e. The van der Waals surface area contributed by atoms with Crippen LogP contribution in [0.3, 0.4) is 0 Å². The van der Waals surface area contributed by atoms with Crippen molar-refractivity contribution in [3.63, 3.8) is 0 Å². The predicted octanol–water partition coefficient (Wildman–Crippen LogP) is 6.03. The third-order valence-corrected chi connectivity index (χ3v) is 6.10. The SMILES string of the molecule is COC(c1ccc(N(C(=O)c2c(C)nn(C)c2C)C(=O)C(C)C)cc1CC(C)C)(C(F)(F)F)C(F)(F)F. The van der Waals surface area contributed by atoms with Crippen LogP contribution in [0.1, 0.15) is 60.6 Å². The first-order valence-corrected chi connectivity index (χ1v) is 11.5. The summed E-state index contributed by atoms with van der Waals surface area (Å²) in [7, 11) is 1.95. The van der Waals surface area contributed by atoms with Crippen molar-refractivity contribution in [2.24, 2.45) is 18.9 Å². The number of amides is 2. The minimum atomic E-state index is -5.85. The van der Waals surface area contributed by atoms with Crippen molar-refractivity contribution in [2.75, 3.05) is 12.0 Å². The first kappa shape index (κ1) is 30.3. The number of halogens is 6. The molecule has 0 aliphatic carbocycles. The molecule has 0 aliphatic heterocycles. The Kier molecular flexibility index (Phi) is 8.58. The predicted molar refractivity (Wildman–Crippen MR) is 125 cm³/mol. The molecule has 1 aromatic carbocycles. The van der Waals surface area contributed by atoms with Gasteiger partial charge in [0.15, 0.2) is 0 Å². The van der Waals surface area contributed by atoms with Crippen molar-refractivity contribution in [3.05, 3.63) is 46.3 Å². The van der Waals surface area contributed by atoms with E-state index < -0.39 is 41.2 Å². The monoisotopic (exact) mass is 535 g/mol. The van der Waals surface area contributed by atoms with Crippen LogP contribution in [0.25, 0.3) is 0 Å². The molecule has 1 heterocycles. The number of aryl methyl sites for hydroxylation is 2. The zero-order chi connectivity index (χ0) is 28.7. The highest BCUT2D eigenvalue weighted by atomic mass is 19.4. The number of benzene rings is 1. The summed E-state index contributed by atoms with van der Waals surface area (Å²) < 4.78 is 89.9. The summed E-state index contributed by atoms with van der Waals surface area (Å²) in [6, 6.07) is 2.57. The number of hydrogen-bond acceptors (Lipinski definition) is 4. The molecule has 2 rings (SSSR count). The Labute approximate surface area is 211 Å². The number of hydrogen-bond donors (Lipinski definition) is 0. The zero-order valence-corrected chi connectivity index (χ0v) is 21.9. The number of rotatable bonds is 7. The molecular weight excluding hydrogens is 504 g/mol. The zero-order valence-electron chi connectivity index (χ0n) is 21.9. The van der Waals surface area contributed by atoms with Gasteiger partial charge in [0.2, 0.25) is 5.91 Å². The molecule has 0 atom stereocenters. The van der Waals surface area contributed by atoms with Crippen LogP contribution in [-0.2, 0) is 28.6 Å². The van der Waals surface area contributed by atoms with Gasteiger partial charge in [-0.1, -0.05) is 33.8 Å². The van der Waals surface area contributed by atoms with Gasteiger partial charge < -0.3 is 4.74 Å². The molecule has 0 N–H and O–H groups in total. The fraction of sp³-hybridized carbons (Fsp3) is 0.560. The molecule has 0 saturated carbocycles. The van der Waals surface area contributed by atoms with E-state index in [1.54, 1.807) is 34.7 Å². The third-order valence-electron chi connectivity index (χ3n) is 6.10. The summed E-state index contributed by atoms with van der Waals surface area (Å²) in [5.74, 6) is -2.54. The van der Waals surface area contributed by atoms with Gasteiger partial charge in [0.25, 0.3) is 11.5 Å². The fourth-order valence-electron chi connectivity index (χ4n) is 4.28. The van der Waals surface area contributed by atoms with Gasteiger partial charge in [-0.2, -0.15) is 31.4 Å². The molecule has 0 radical (unpaired) electrons. The molecular formula is C25H31F6N3O3. The molecule has 2 aromatic rings.